The molecule has 30 heavy (non-hydrogen) atoms. The molecule has 0 saturated heterocycles. The molecule has 3 rings (SSSR count). The van der Waals surface area contributed by atoms with Crippen LogP contribution in [0.5, 0.6) is 0 Å². The Labute approximate surface area is 173 Å². The highest BCUT2D eigenvalue weighted by atomic mass is 16.5. The van der Waals surface area contributed by atoms with E-state index >= 15 is 0 Å². The number of esters is 3. The van der Waals surface area contributed by atoms with Crippen LogP contribution in [0.4, 0.5) is 5.69 Å². The molecule has 8 heteroatoms. The summed E-state index contributed by atoms with van der Waals surface area (Å²) in [4.78, 5) is 38.0. The number of hydrogen-bond donors (Lipinski definition) is 0. The summed E-state index contributed by atoms with van der Waals surface area (Å²) >= 11 is 0. The van der Waals surface area contributed by atoms with E-state index in [-0.39, 0.29) is 24.6 Å². The first-order valence-corrected chi connectivity index (χ1v) is 9.04. The van der Waals surface area contributed by atoms with E-state index in [0.29, 0.717) is 11.3 Å². The monoisotopic (exact) mass is 411 g/mol. The van der Waals surface area contributed by atoms with Gasteiger partial charge in [-0.3, -0.25) is 0 Å². The second-order valence-electron chi connectivity index (χ2n) is 6.30. The van der Waals surface area contributed by atoms with Gasteiger partial charge in [0.1, 0.15) is 12.4 Å². The number of carbonyl (C=O) groups is 3. The Balaban J connectivity index is 2.11. The maximum absolute atomic E-state index is 12.5. The average molecular weight is 411 g/mol. The highest BCUT2D eigenvalue weighted by Gasteiger charge is 2.33. The highest BCUT2D eigenvalue weighted by molar-refractivity contribution is 6.04. The molecule has 2 aromatic carbocycles. The van der Waals surface area contributed by atoms with E-state index in [1.54, 1.807) is 35.2 Å². The lowest BCUT2D eigenvalue weighted by Crippen LogP contribution is -2.39. The van der Waals surface area contributed by atoms with Crippen LogP contribution in [-0.2, 0) is 28.5 Å². The number of nitrogens with zero attached hydrogens (tertiary/aromatic N) is 1. The molecule has 1 aliphatic rings. The molecule has 1 heterocycles. The van der Waals surface area contributed by atoms with Gasteiger partial charge in [-0.2, -0.15) is 0 Å². The summed E-state index contributed by atoms with van der Waals surface area (Å²) in [5, 5.41) is 0. The largest absolute Gasteiger partial charge is 0.466 e. The van der Waals surface area contributed by atoms with Crippen LogP contribution < -0.4 is 4.90 Å². The zero-order chi connectivity index (χ0) is 21.7. The SMILES string of the molecule is COC(=O)C1=C(C(=O)OC)N(c2ccccc2-c2ccc(C(=O)OC)cc2)COC1. The number of hydrogen-bond acceptors (Lipinski definition) is 8. The van der Waals surface area contributed by atoms with Crippen molar-refractivity contribution < 1.29 is 33.3 Å². The molecule has 156 valence electrons. The molecule has 0 bridgehead atoms. The van der Waals surface area contributed by atoms with Crippen LogP contribution in [-0.4, -0.2) is 52.6 Å². The fraction of sp³-hybridized carbons (Fsp3) is 0.227. The van der Waals surface area contributed by atoms with Gasteiger partial charge in [0.15, 0.2) is 0 Å². The molecular formula is C22H21NO7. The lowest BCUT2D eigenvalue weighted by molar-refractivity contribution is -0.140. The topological polar surface area (TPSA) is 91.4 Å². The van der Waals surface area contributed by atoms with E-state index in [1.807, 2.05) is 18.2 Å². The van der Waals surface area contributed by atoms with Crippen LogP contribution in [0.1, 0.15) is 10.4 Å². The number of ether oxygens (including phenoxy) is 4. The number of anilines is 1. The van der Waals surface area contributed by atoms with Gasteiger partial charge in [-0.1, -0.05) is 30.3 Å². The maximum atomic E-state index is 12.5. The number of methoxy groups -OCH3 is 3. The van der Waals surface area contributed by atoms with Crippen molar-refractivity contribution in [2.75, 3.05) is 39.6 Å². The predicted molar refractivity (Wildman–Crippen MR) is 108 cm³/mol. The third-order valence-electron chi connectivity index (χ3n) is 4.64. The van der Waals surface area contributed by atoms with Crippen LogP contribution in [0.25, 0.3) is 11.1 Å². The van der Waals surface area contributed by atoms with Crippen molar-refractivity contribution in [3.8, 4) is 11.1 Å². The number of benzene rings is 2. The standard InChI is InChI=1S/C22H21NO7/c1-27-20(24)15-10-8-14(9-11-15)16-6-4-5-7-18(16)23-13-30-12-17(21(25)28-2)19(23)22(26)29-3/h4-11H,12-13H2,1-3H3. The van der Waals surface area contributed by atoms with Crippen molar-refractivity contribution in [3.63, 3.8) is 0 Å². The molecule has 0 fully saturated rings. The summed E-state index contributed by atoms with van der Waals surface area (Å²) in [6, 6.07) is 14.2. The summed E-state index contributed by atoms with van der Waals surface area (Å²) in [7, 11) is 3.80. The lowest BCUT2D eigenvalue weighted by Gasteiger charge is -2.32. The molecule has 8 nitrogen and oxygen atoms in total. The molecule has 0 atom stereocenters. The normalized spacial score (nSPS) is 13.6. The Morgan fingerprint density at radius 1 is 0.833 bits per heavy atom. The van der Waals surface area contributed by atoms with Crippen LogP contribution in [0.15, 0.2) is 59.8 Å². The van der Waals surface area contributed by atoms with Crippen LogP contribution >= 0.6 is 0 Å². The van der Waals surface area contributed by atoms with Gasteiger partial charge in [0.2, 0.25) is 0 Å². The molecular weight excluding hydrogens is 390 g/mol. The number of rotatable bonds is 5. The zero-order valence-electron chi connectivity index (χ0n) is 16.8. The molecule has 2 aromatic rings. The number of para-hydroxylation sites is 1. The summed E-state index contributed by atoms with van der Waals surface area (Å²) in [5.41, 5.74) is 2.76. The van der Waals surface area contributed by atoms with Crippen LogP contribution in [0.3, 0.4) is 0 Å². The van der Waals surface area contributed by atoms with Crippen molar-refractivity contribution in [3.05, 3.63) is 65.4 Å². The van der Waals surface area contributed by atoms with Gasteiger partial charge in [0.05, 0.1) is 44.8 Å². The van der Waals surface area contributed by atoms with Crippen molar-refractivity contribution in [1.29, 1.82) is 0 Å². The Bertz CT molecular complexity index is 995. The Morgan fingerprint density at radius 2 is 1.47 bits per heavy atom. The maximum Gasteiger partial charge on any atom is 0.355 e. The van der Waals surface area contributed by atoms with E-state index < -0.39 is 17.9 Å². The van der Waals surface area contributed by atoms with E-state index in [4.69, 9.17) is 18.9 Å². The molecule has 0 radical (unpaired) electrons. The van der Waals surface area contributed by atoms with E-state index in [9.17, 15) is 14.4 Å². The van der Waals surface area contributed by atoms with E-state index in [2.05, 4.69) is 0 Å². The minimum atomic E-state index is -0.672. The molecule has 0 aliphatic carbocycles. The number of carbonyl (C=O) groups excluding carboxylic acids is 3. The third kappa shape index (κ3) is 4.04. The Kier molecular flexibility index (Phi) is 6.48. The smallest absolute Gasteiger partial charge is 0.355 e. The summed E-state index contributed by atoms with van der Waals surface area (Å²) in [6.07, 6.45) is 0. The van der Waals surface area contributed by atoms with E-state index in [1.165, 1.54) is 21.3 Å². The first-order valence-electron chi connectivity index (χ1n) is 9.04. The first-order chi connectivity index (χ1) is 14.5. The van der Waals surface area contributed by atoms with Gasteiger partial charge in [-0.25, -0.2) is 14.4 Å². The second kappa shape index (κ2) is 9.23. The molecule has 0 amide bonds. The lowest BCUT2D eigenvalue weighted by atomic mass is 10.0. The second-order valence-corrected chi connectivity index (χ2v) is 6.30. The zero-order valence-corrected chi connectivity index (χ0v) is 16.8. The Hall–Kier alpha value is -3.65. The van der Waals surface area contributed by atoms with Crippen LogP contribution in [0.2, 0.25) is 0 Å². The van der Waals surface area contributed by atoms with Gasteiger partial charge in [-0.05, 0) is 23.8 Å². The molecule has 0 spiro atoms. The molecule has 0 aromatic heterocycles. The quantitative estimate of drug-likeness (QED) is 0.548. The molecule has 0 saturated carbocycles. The minimum Gasteiger partial charge on any atom is -0.466 e. The summed E-state index contributed by atoms with van der Waals surface area (Å²) in [6.45, 7) is -0.0220. The third-order valence-corrected chi connectivity index (χ3v) is 4.64. The van der Waals surface area contributed by atoms with E-state index in [0.717, 1.165) is 11.1 Å². The fourth-order valence-corrected chi connectivity index (χ4v) is 3.19. The van der Waals surface area contributed by atoms with Crippen molar-refractivity contribution in [1.82, 2.24) is 0 Å². The highest BCUT2D eigenvalue weighted by Crippen LogP contribution is 2.35. The van der Waals surface area contributed by atoms with Gasteiger partial charge in [0.25, 0.3) is 0 Å². The van der Waals surface area contributed by atoms with Gasteiger partial charge < -0.3 is 23.8 Å². The average Bonchev–Trinajstić information content (AvgIpc) is 2.82. The van der Waals surface area contributed by atoms with Crippen molar-refractivity contribution in [2.45, 2.75) is 0 Å². The summed E-state index contributed by atoms with van der Waals surface area (Å²) < 4.78 is 20.0. The minimum absolute atomic E-state index is 0.0438. The Morgan fingerprint density at radius 3 is 2.10 bits per heavy atom. The van der Waals surface area contributed by atoms with Crippen molar-refractivity contribution in [2.24, 2.45) is 0 Å². The van der Waals surface area contributed by atoms with Gasteiger partial charge in [-0.15, -0.1) is 0 Å². The first kappa shape index (κ1) is 21.1. The van der Waals surface area contributed by atoms with Gasteiger partial charge >= 0.3 is 17.9 Å². The fourth-order valence-electron chi connectivity index (χ4n) is 3.19. The molecule has 1 aliphatic heterocycles. The molecule has 0 unspecified atom stereocenters. The van der Waals surface area contributed by atoms with Crippen molar-refractivity contribution >= 4 is 23.6 Å². The van der Waals surface area contributed by atoms with Gasteiger partial charge in [0, 0.05) is 5.56 Å². The van der Waals surface area contributed by atoms with Crippen LogP contribution in [0, 0.1) is 0 Å². The summed E-state index contributed by atoms with van der Waals surface area (Å²) in [5.74, 6) is -1.77. The predicted octanol–water partition coefficient (Wildman–Crippen LogP) is 2.53. The molecule has 0 N–H and O–H groups in total.